The minimum absolute atomic E-state index is 0.0681. The van der Waals surface area contributed by atoms with Gasteiger partial charge < -0.3 is 19.3 Å². The number of ether oxygens (including phenoxy) is 3. The van der Waals surface area contributed by atoms with E-state index >= 15 is 0 Å². The maximum absolute atomic E-state index is 12.2. The molecule has 3 heterocycles. The zero-order valence-electron chi connectivity index (χ0n) is 21.4. The molecule has 13 heteroatoms. The highest BCUT2D eigenvalue weighted by Crippen LogP contribution is 2.34. The van der Waals surface area contributed by atoms with Crippen molar-refractivity contribution >= 4 is 42.8 Å². The highest BCUT2D eigenvalue weighted by molar-refractivity contribution is 14.1. The van der Waals surface area contributed by atoms with Crippen molar-refractivity contribution in [3.63, 3.8) is 0 Å². The van der Waals surface area contributed by atoms with Crippen LogP contribution in [-0.2, 0) is 42.8 Å². The number of benzene rings is 2. The first-order chi connectivity index (χ1) is 18.5. The highest BCUT2D eigenvalue weighted by Gasteiger charge is 2.49. The Bertz CT molecular complexity index is 1340. The molecule has 6 atom stereocenters. The van der Waals surface area contributed by atoms with Crippen LogP contribution < -0.4 is 0 Å². The molecule has 0 amide bonds. The Morgan fingerprint density at radius 1 is 0.872 bits per heavy atom. The van der Waals surface area contributed by atoms with Gasteiger partial charge in [-0.2, -0.15) is 16.8 Å². The van der Waals surface area contributed by atoms with Crippen molar-refractivity contribution in [1.29, 1.82) is 0 Å². The van der Waals surface area contributed by atoms with E-state index in [1.54, 1.807) is 48.6 Å². The predicted molar refractivity (Wildman–Crippen MR) is 150 cm³/mol. The molecule has 1 N–H and O–H groups in total. The van der Waals surface area contributed by atoms with E-state index in [1.807, 2.05) is 13.8 Å². The summed E-state index contributed by atoms with van der Waals surface area (Å²) in [6, 6.07) is 12.9. The lowest BCUT2D eigenvalue weighted by Crippen LogP contribution is -2.33. The smallest absolute Gasteiger partial charge is 0.297 e. The lowest BCUT2D eigenvalue weighted by molar-refractivity contribution is 0.00185. The van der Waals surface area contributed by atoms with Crippen LogP contribution in [0.2, 0.25) is 0 Å². The van der Waals surface area contributed by atoms with Gasteiger partial charge in [-0.3, -0.25) is 8.37 Å². The summed E-state index contributed by atoms with van der Waals surface area (Å²) in [6.45, 7) is 4.56. The van der Waals surface area contributed by atoms with Crippen LogP contribution >= 0.6 is 22.6 Å². The van der Waals surface area contributed by atoms with E-state index in [-0.39, 0.29) is 32.5 Å². The SMILES string of the molecule is Cc1ccc(S(=O)(=O)O[C@@H](CO)[C@@H]2C=CCO2)cc1.Cc1ccc(S(=O)(=O)O[C@H]2CO[C@@H]3C(I)CO[C@H]23)cc1. The zero-order chi connectivity index (χ0) is 28.2. The van der Waals surface area contributed by atoms with Gasteiger partial charge in [0.05, 0.1) is 40.1 Å². The predicted octanol–water partition coefficient (Wildman–Crippen LogP) is 2.69. The molecule has 0 saturated carbocycles. The Morgan fingerprint density at radius 2 is 1.44 bits per heavy atom. The fourth-order valence-electron chi connectivity index (χ4n) is 4.18. The average Bonchev–Trinajstić information content (AvgIpc) is 3.65. The molecule has 3 aliphatic rings. The van der Waals surface area contributed by atoms with E-state index in [9.17, 15) is 21.9 Å². The number of rotatable bonds is 8. The van der Waals surface area contributed by atoms with Crippen molar-refractivity contribution in [3.05, 3.63) is 71.8 Å². The molecular formula is C26H31IO10S2. The summed E-state index contributed by atoms with van der Waals surface area (Å²) in [5.41, 5.74) is 1.96. The first-order valence-electron chi connectivity index (χ1n) is 12.3. The number of halogens is 1. The number of hydrogen-bond acceptors (Lipinski definition) is 10. The number of alkyl halides is 1. The molecule has 0 spiro atoms. The van der Waals surface area contributed by atoms with Gasteiger partial charge in [0, 0.05) is 0 Å². The minimum atomic E-state index is -3.90. The van der Waals surface area contributed by atoms with Crippen LogP contribution in [0.4, 0.5) is 0 Å². The van der Waals surface area contributed by atoms with Crippen molar-refractivity contribution in [1.82, 2.24) is 0 Å². The Morgan fingerprint density at radius 3 is 1.97 bits per heavy atom. The van der Waals surface area contributed by atoms with Crippen LogP contribution in [0.25, 0.3) is 0 Å². The maximum Gasteiger partial charge on any atom is 0.297 e. The third-order valence-electron chi connectivity index (χ3n) is 6.32. The number of hydrogen-bond donors (Lipinski definition) is 1. The van der Waals surface area contributed by atoms with Crippen LogP contribution in [0.3, 0.4) is 0 Å². The zero-order valence-corrected chi connectivity index (χ0v) is 25.2. The minimum Gasteiger partial charge on any atom is -0.394 e. The van der Waals surface area contributed by atoms with Gasteiger partial charge in [-0.25, -0.2) is 0 Å². The highest BCUT2D eigenvalue weighted by atomic mass is 127. The molecule has 5 rings (SSSR count). The molecule has 3 aliphatic heterocycles. The van der Waals surface area contributed by atoms with Crippen molar-refractivity contribution in [2.24, 2.45) is 0 Å². The van der Waals surface area contributed by atoms with Crippen LogP contribution in [0, 0.1) is 13.8 Å². The third kappa shape index (κ3) is 7.65. The molecule has 0 bridgehead atoms. The second-order valence-corrected chi connectivity index (χ2v) is 14.1. The van der Waals surface area contributed by atoms with Gasteiger partial charge in [0.2, 0.25) is 0 Å². The van der Waals surface area contributed by atoms with Gasteiger partial charge in [-0.05, 0) is 38.1 Å². The standard InChI is InChI=1S/C13H15IO5S.C13H16O5S/c1-8-2-4-9(5-3-8)20(15,16)19-11-7-18-12-10(14)6-17-13(11)12;1-10-4-6-11(7-5-10)19(15,16)18-13(9-14)12-3-2-8-17-12/h2-5,10-13H,6-7H2,1H3;2-7,12-14H,8-9H2,1H3/t10?,11-,12+,13+;12-,13-/m00/s1. The van der Waals surface area contributed by atoms with Gasteiger partial charge in [-0.15, -0.1) is 0 Å². The fourth-order valence-corrected chi connectivity index (χ4v) is 7.15. The van der Waals surface area contributed by atoms with Gasteiger partial charge in [0.1, 0.15) is 30.5 Å². The Balaban J connectivity index is 0.000000181. The number of aliphatic hydroxyl groups is 1. The molecule has 2 aromatic carbocycles. The summed E-state index contributed by atoms with van der Waals surface area (Å²) in [4.78, 5) is 0.231. The molecule has 0 aromatic heterocycles. The second-order valence-electron chi connectivity index (χ2n) is 9.32. The summed E-state index contributed by atoms with van der Waals surface area (Å²) >= 11 is 2.26. The first kappa shape index (κ1) is 30.5. The van der Waals surface area contributed by atoms with Crippen LogP contribution in [0.5, 0.6) is 0 Å². The van der Waals surface area contributed by atoms with E-state index in [0.29, 0.717) is 13.2 Å². The van der Waals surface area contributed by atoms with Crippen molar-refractivity contribution in [2.75, 3.05) is 26.4 Å². The summed E-state index contributed by atoms with van der Waals surface area (Å²) in [7, 11) is -7.68. The van der Waals surface area contributed by atoms with E-state index < -0.39 is 45.2 Å². The largest absolute Gasteiger partial charge is 0.394 e. The van der Waals surface area contributed by atoms with Crippen LogP contribution in [0.15, 0.2) is 70.5 Å². The second kappa shape index (κ2) is 13.0. The number of aliphatic hydroxyl groups excluding tert-OH is 1. The third-order valence-corrected chi connectivity index (χ3v) is 10.1. The van der Waals surface area contributed by atoms with Crippen LogP contribution in [-0.4, -0.2) is 82.8 Å². The molecule has 10 nitrogen and oxygen atoms in total. The average molecular weight is 695 g/mol. The van der Waals surface area contributed by atoms with Gasteiger partial charge in [0.25, 0.3) is 20.2 Å². The Hall–Kier alpha value is -1.43. The molecule has 1 unspecified atom stereocenters. The fraction of sp³-hybridized carbons (Fsp3) is 0.462. The van der Waals surface area contributed by atoms with E-state index in [2.05, 4.69) is 22.6 Å². The molecule has 2 aromatic rings. The van der Waals surface area contributed by atoms with Crippen molar-refractivity contribution in [3.8, 4) is 0 Å². The molecule has 2 fully saturated rings. The number of fused-ring (bicyclic) bond motifs is 1. The van der Waals surface area contributed by atoms with Crippen LogP contribution in [0.1, 0.15) is 11.1 Å². The number of aryl methyl sites for hydroxylation is 2. The summed E-state index contributed by atoms with van der Waals surface area (Å²) in [5.74, 6) is 0. The van der Waals surface area contributed by atoms with Crippen molar-refractivity contribution in [2.45, 2.75) is 58.1 Å². The lowest BCUT2D eigenvalue weighted by Gasteiger charge is -2.20. The maximum atomic E-state index is 12.2. The van der Waals surface area contributed by atoms with E-state index in [1.165, 1.54) is 12.1 Å². The van der Waals surface area contributed by atoms with Crippen molar-refractivity contribution < 1.29 is 44.5 Å². The molecule has 0 radical (unpaired) electrons. The molecule has 0 aliphatic carbocycles. The van der Waals surface area contributed by atoms with E-state index in [0.717, 1.165) is 11.1 Å². The summed E-state index contributed by atoms with van der Waals surface area (Å²) in [6.07, 6.45) is 1.05. The molecular weight excluding hydrogens is 663 g/mol. The first-order valence-corrected chi connectivity index (χ1v) is 16.3. The monoisotopic (exact) mass is 694 g/mol. The Labute approximate surface area is 242 Å². The molecule has 39 heavy (non-hydrogen) atoms. The van der Waals surface area contributed by atoms with E-state index in [4.69, 9.17) is 22.6 Å². The van der Waals surface area contributed by atoms with Gasteiger partial charge in [-0.1, -0.05) is 70.1 Å². The Kier molecular flexibility index (Phi) is 10.2. The van der Waals surface area contributed by atoms with Gasteiger partial charge >= 0.3 is 0 Å². The summed E-state index contributed by atoms with van der Waals surface area (Å²) in [5, 5.41) is 9.24. The summed E-state index contributed by atoms with van der Waals surface area (Å²) < 4.78 is 75.6. The topological polar surface area (TPSA) is 135 Å². The molecule has 214 valence electrons. The quantitative estimate of drug-likeness (QED) is 0.190. The molecule has 2 saturated heterocycles. The van der Waals surface area contributed by atoms with Gasteiger partial charge in [0.15, 0.2) is 0 Å². The lowest BCUT2D eigenvalue weighted by atomic mass is 10.1. The normalized spacial score (nSPS) is 27.1.